The van der Waals surface area contributed by atoms with E-state index >= 15 is 0 Å². The van der Waals surface area contributed by atoms with Gasteiger partial charge in [-0.25, -0.2) is 8.42 Å². The first-order valence-corrected chi connectivity index (χ1v) is 9.15. The maximum absolute atomic E-state index is 13.0. The maximum atomic E-state index is 13.0. The lowest BCUT2D eigenvalue weighted by Gasteiger charge is -2.13. The monoisotopic (exact) mass is 386 g/mol. The predicted molar refractivity (Wildman–Crippen MR) is 88.5 cm³/mol. The second-order valence-electron chi connectivity index (χ2n) is 5.95. The number of halogens is 3. The molecule has 1 aliphatic rings. The van der Waals surface area contributed by atoms with Crippen molar-refractivity contribution in [2.75, 3.05) is 5.75 Å². The number of fused-ring (bicyclic) bond motifs is 1. The first-order chi connectivity index (χ1) is 12.0. The molecule has 6 nitrogen and oxygen atoms in total. The number of sulfone groups is 1. The molecule has 0 radical (unpaired) electrons. The molecule has 3 rings (SSSR count). The Morgan fingerprint density at radius 2 is 2.00 bits per heavy atom. The van der Waals surface area contributed by atoms with E-state index in [4.69, 9.17) is 0 Å². The van der Waals surface area contributed by atoms with Crippen LogP contribution in [0.25, 0.3) is 10.9 Å². The molecule has 10 heteroatoms. The van der Waals surface area contributed by atoms with Crippen molar-refractivity contribution in [3.8, 4) is 0 Å². The first-order valence-electron chi connectivity index (χ1n) is 7.43. The number of aromatic nitrogens is 1. The molecule has 1 amide bonds. The third-order valence-corrected chi connectivity index (χ3v) is 5.47. The fourth-order valence-electron chi connectivity index (χ4n) is 2.81. The van der Waals surface area contributed by atoms with Crippen LogP contribution >= 0.6 is 0 Å². The van der Waals surface area contributed by atoms with Crippen LogP contribution in [0.4, 0.5) is 13.2 Å². The lowest BCUT2D eigenvalue weighted by Crippen LogP contribution is -2.38. The topological polar surface area (TPSA) is 96.1 Å². The fraction of sp³-hybridized carbons (Fsp3) is 0.250. The highest BCUT2D eigenvalue weighted by Gasteiger charge is 2.33. The number of H-pyrrole nitrogens is 1. The number of alkyl halides is 3. The summed E-state index contributed by atoms with van der Waals surface area (Å²) in [4.78, 5) is 26.7. The number of aromatic amines is 1. The van der Waals surface area contributed by atoms with E-state index in [-0.39, 0.29) is 27.8 Å². The van der Waals surface area contributed by atoms with Crippen molar-refractivity contribution in [2.45, 2.75) is 19.1 Å². The summed E-state index contributed by atoms with van der Waals surface area (Å²) in [7, 11) is -3.38. The zero-order chi connectivity index (χ0) is 19.3. The van der Waals surface area contributed by atoms with E-state index in [1.807, 2.05) is 0 Å². The second kappa shape index (κ2) is 5.97. The quantitative estimate of drug-likeness (QED) is 0.824. The summed E-state index contributed by atoms with van der Waals surface area (Å²) in [6.45, 7) is 1.23. The van der Waals surface area contributed by atoms with Crippen LogP contribution in [-0.2, 0) is 16.0 Å². The predicted octanol–water partition coefficient (Wildman–Crippen LogP) is 1.90. The molecule has 0 spiro atoms. The molecule has 0 fully saturated rings. The Labute approximate surface area is 145 Å². The molecule has 2 N–H and O–H groups in total. The van der Waals surface area contributed by atoms with Crippen LogP contribution in [0.5, 0.6) is 0 Å². The Morgan fingerprint density at radius 1 is 1.31 bits per heavy atom. The fourth-order valence-corrected chi connectivity index (χ4v) is 4.04. The minimum absolute atomic E-state index is 0.00952. The number of benzene rings is 1. The summed E-state index contributed by atoms with van der Waals surface area (Å²) in [5.41, 5.74) is -2.20. The molecular formula is C16H13F3N2O4S. The van der Waals surface area contributed by atoms with Gasteiger partial charge in [-0.3, -0.25) is 9.59 Å². The first kappa shape index (κ1) is 18.2. The minimum Gasteiger partial charge on any atom is -0.345 e. The van der Waals surface area contributed by atoms with Crippen LogP contribution in [-0.4, -0.2) is 31.1 Å². The van der Waals surface area contributed by atoms with Gasteiger partial charge >= 0.3 is 6.18 Å². The number of hydrogen-bond acceptors (Lipinski definition) is 4. The molecule has 1 aromatic heterocycles. The number of carbonyl (C=O) groups excluding carboxylic acids is 1. The molecule has 0 unspecified atom stereocenters. The lowest BCUT2D eigenvalue weighted by atomic mass is 10.0. The average molecular weight is 386 g/mol. The number of amides is 1. The number of aryl methyl sites for hydroxylation is 1. The third kappa shape index (κ3) is 3.36. The van der Waals surface area contributed by atoms with E-state index in [1.165, 1.54) is 19.1 Å². The maximum Gasteiger partial charge on any atom is 0.416 e. The van der Waals surface area contributed by atoms with Gasteiger partial charge in [0.25, 0.3) is 11.5 Å². The van der Waals surface area contributed by atoms with Gasteiger partial charge < -0.3 is 10.3 Å². The molecule has 1 aliphatic heterocycles. The van der Waals surface area contributed by atoms with Crippen LogP contribution in [0.15, 0.2) is 34.5 Å². The molecule has 1 atom stereocenters. The van der Waals surface area contributed by atoms with E-state index in [0.29, 0.717) is 0 Å². The van der Waals surface area contributed by atoms with E-state index in [1.54, 1.807) is 0 Å². The number of hydrogen-bond donors (Lipinski definition) is 2. The Kier molecular flexibility index (Phi) is 4.18. The summed E-state index contributed by atoms with van der Waals surface area (Å²) in [5.74, 6) is -1.12. The molecule has 1 aromatic carbocycles. The minimum atomic E-state index is -4.56. The zero-order valence-corrected chi connectivity index (χ0v) is 14.2. The number of carbonyl (C=O) groups is 1. The summed E-state index contributed by atoms with van der Waals surface area (Å²) >= 11 is 0. The SMILES string of the molecule is Cc1c(C(F)(F)F)ccc2cc(C(=O)N[C@@H]3C=CS(=O)(=O)C3)c(=O)[nH]c12. The van der Waals surface area contributed by atoms with Crippen molar-refractivity contribution < 1.29 is 26.4 Å². The van der Waals surface area contributed by atoms with Gasteiger partial charge in [0.15, 0.2) is 9.84 Å². The van der Waals surface area contributed by atoms with E-state index in [9.17, 15) is 31.2 Å². The summed E-state index contributed by atoms with van der Waals surface area (Å²) < 4.78 is 61.6. The molecule has 0 saturated carbocycles. The van der Waals surface area contributed by atoms with E-state index < -0.39 is 39.1 Å². The Bertz CT molecular complexity index is 1100. The van der Waals surface area contributed by atoms with Gasteiger partial charge in [-0.2, -0.15) is 13.2 Å². The van der Waals surface area contributed by atoms with Crippen molar-refractivity contribution in [2.24, 2.45) is 0 Å². The van der Waals surface area contributed by atoms with E-state index in [0.717, 1.165) is 17.5 Å². The van der Waals surface area contributed by atoms with Gasteiger partial charge in [0.2, 0.25) is 0 Å². The Morgan fingerprint density at radius 3 is 2.58 bits per heavy atom. The lowest BCUT2D eigenvalue weighted by molar-refractivity contribution is -0.137. The van der Waals surface area contributed by atoms with Crippen molar-refractivity contribution >= 4 is 26.6 Å². The molecule has 2 heterocycles. The molecule has 138 valence electrons. The van der Waals surface area contributed by atoms with Crippen molar-refractivity contribution in [3.05, 3.63) is 56.7 Å². The second-order valence-corrected chi connectivity index (χ2v) is 7.88. The molecular weight excluding hydrogens is 373 g/mol. The van der Waals surface area contributed by atoms with Crippen LogP contribution in [0.2, 0.25) is 0 Å². The third-order valence-electron chi connectivity index (χ3n) is 4.08. The smallest absolute Gasteiger partial charge is 0.345 e. The normalized spacial score (nSPS) is 19.0. The standard InChI is InChI=1S/C16H13F3N2O4S/c1-8-12(16(17,18)19)3-2-9-6-11(15(23)21-13(8)9)14(22)20-10-4-5-26(24,25)7-10/h2-6,10H,7H2,1H3,(H,20,22)(H,21,23)/t10-/m1/s1. The van der Waals surface area contributed by atoms with Crippen LogP contribution in [0.3, 0.4) is 0 Å². The molecule has 0 saturated heterocycles. The number of pyridine rings is 1. The van der Waals surface area contributed by atoms with Gasteiger partial charge in [0.1, 0.15) is 5.56 Å². The van der Waals surface area contributed by atoms with Crippen molar-refractivity contribution in [1.29, 1.82) is 0 Å². The van der Waals surface area contributed by atoms with Crippen LogP contribution in [0.1, 0.15) is 21.5 Å². The van der Waals surface area contributed by atoms with Gasteiger partial charge in [-0.05, 0) is 36.1 Å². The summed E-state index contributed by atoms with van der Waals surface area (Å²) in [6.07, 6.45) is -3.27. The highest BCUT2D eigenvalue weighted by Crippen LogP contribution is 2.34. The van der Waals surface area contributed by atoms with Crippen molar-refractivity contribution in [1.82, 2.24) is 10.3 Å². The average Bonchev–Trinajstić information content (AvgIpc) is 2.85. The van der Waals surface area contributed by atoms with E-state index in [2.05, 4.69) is 10.3 Å². The largest absolute Gasteiger partial charge is 0.416 e. The zero-order valence-electron chi connectivity index (χ0n) is 13.3. The van der Waals surface area contributed by atoms with Crippen LogP contribution < -0.4 is 10.9 Å². The summed E-state index contributed by atoms with van der Waals surface area (Å²) in [6, 6.07) is 2.46. The number of rotatable bonds is 2. The van der Waals surface area contributed by atoms with Crippen LogP contribution in [0, 0.1) is 6.92 Å². The molecule has 0 aliphatic carbocycles. The highest BCUT2D eigenvalue weighted by atomic mass is 32.2. The summed E-state index contributed by atoms with van der Waals surface area (Å²) in [5, 5.41) is 3.64. The number of nitrogens with one attached hydrogen (secondary N) is 2. The highest BCUT2D eigenvalue weighted by molar-refractivity contribution is 7.94. The molecule has 26 heavy (non-hydrogen) atoms. The van der Waals surface area contributed by atoms with Gasteiger partial charge in [-0.15, -0.1) is 0 Å². The molecule has 2 aromatic rings. The van der Waals surface area contributed by atoms with Gasteiger partial charge in [0, 0.05) is 5.41 Å². The van der Waals surface area contributed by atoms with Crippen molar-refractivity contribution in [3.63, 3.8) is 0 Å². The Balaban J connectivity index is 1.98. The van der Waals surface area contributed by atoms with Gasteiger partial charge in [-0.1, -0.05) is 6.07 Å². The Hall–Kier alpha value is -2.62. The molecule has 0 bridgehead atoms. The van der Waals surface area contributed by atoms with Gasteiger partial charge in [0.05, 0.1) is 22.9 Å².